The Morgan fingerprint density at radius 3 is 1.71 bits per heavy atom. The highest BCUT2D eigenvalue weighted by atomic mass is 28.3. The van der Waals surface area contributed by atoms with Gasteiger partial charge in [-0.1, -0.05) is 39.3 Å². The number of halogens is 2. The highest BCUT2D eigenvalue weighted by Gasteiger charge is 2.29. The van der Waals surface area contributed by atoms with Crippen LogP contribution in [-0.2, 0) is 41.9 Å². The molecule has 1 N–H and O–H groups in total. The average molecular weight is 975 g/mol. The summed E-state index contributed by atoms with van der Waals surface area (Å²) in [6.07, 6.45) is 1.55. The van der Waals surface area contributed by atoms with E-state index in [4.69, 9.17) is 28.4 Å². The molecular formula is C46H56F2N8O10Si2. The maximum atomic E-state index is 14.0. The van der Waals surface area contributed by atoms with Gasteiger partial charge in [0.2, 0.25) is 5.78 Å². The molecule has 68 heavy (non-hydrogen) atoms. The summed E-state index contributed by atoms with van der Waals surface area (Å²) in [5, 5.41) is 28.4. The van der Waals surface area contributed by atoms with Gasteiger partial charge in [0.1, 0.15) is 54.0 Å². The van der Waals surface area contributed by atoms with Gasteiger partial charge in [-0.25, -0.2) is 27.5 Å². The molecule has 2 aliphatic rings. The summed E-state index contributed by atoms with van der Waals surface area (Å²) in [6.45, 7) is 16.3. The molecule has 362 valence electrons. The van der Waals surface area contributed by atoms with Gasteiger partial charge in [0.25, 0.3) is 0 Å². The Labute approximate surface area is 393 Å². The third-order valence-corrected chi connectivity index (χ3v) is 14.2. The predicted molar refractivity (Wildman–Crippen MR) is 247 cm³/mol. The normalized spacial score (nSPS) is 15.1. The Morgan fingerprint density at radius 1 is 0.676 bits per heavy atom. The second kappa shape index (κ2) is 22.2. The van der Waals surface area contributed by atoms with Crippen LogP contribution in [0, 0.1) is 11.6 Å². The zero-order valence-corrected chi connectivity index (χ0v) is 40.8. The number of carbonyl (C=O) groups excluding carboxylic acids is 3. The summed E-state index contributed by atoms with van der Waals surface area (Å²) in [7, 11) is -2.54. The van der Waals surface area contributed by atoms with Gasteiger partial charge in [0.05, 0.1) is 55.4 Å². The van der Waals surface area contributed by atoms with Crippen molar-refractivity contribution >= 4 is 34.5 Å². The molecule has 18 nitrogen and oxygen atoms in total. The minimum absolute atomic E-state index is 0.0408. The lowest BCUT2D eigenvalue weighted by Crippen LogP contribution is -2.23. The maximum Gasteiger partial charge on any atom is 0.229 e. The molecule has 0 spiro atoms. The van der Waals surface area contributed by atoms with Crippen LogP contribution in [-0.4, -0.2) is 118 Å². The molecule has 1 atom stereocenters. The van der Waals surface area contributed by atoms with Gasteiger partial charge in [-0.2, -0.15) is 20.4 Å². The number of nitrogens with zero attached hydrogens (tertiary/aromatic N) is 8. The van der Waals surface area contributed by atoms with Crippen LogP contribution in [0.3, 0.4) is 0 Å². The van der Waals surface area contributed by atoms with E-state index in [-0.39, 0.29) is 36.2 Å². The molecule has 0 saturated carbocycles. The first-order valence-electron chi connectivity index (χ1n) is 22.1. The van der Waals surface area contributed by atoms with Crippen molar-refractivity contribution in [2.24, 2.45) is 0 Å². The number of hydrogen-bond donors (Lipinski definition) is 1. The molecule has 1 unspecified atom stereocenters. The van der Waals surface area contributed by atoms with Crippen molar-refractivity contribution in [2.75, 3.05) is 39.6 Å². The lowest BCUT2D eigenvalue weighted by molar-refractivity contribution is -0.0445. The molecule has 0 aliphatic carbocycles. The van der Waals surface area contributed by atoms with E-state index in [2.05, 4.69) is 59.7 Å². The fourth-order valence-electron chi connectivity index (χ4n) is 7.23. The number of carbonyl (C=O) groups is 3. The topological polar surface area (TPSA) is 198 Å². The van der Waals surface area contributed by atoms with Crippen molar-refractivity contribution in [3.05, 3.63) is 130 Å². The number of ketones is 1. The number of rotatable bonds is 20. The highest BCUT2D eigenvalue weighted by molar-refractivity contribution is 6.76. The number of ether oxygens (including phenoxy) is 6. The summed E-state index contributed by atoms with van der Waals surface area (Å²) >= 11 is 0. The van der Waals surface area contributed by atoms with Gasteiger partial charge in [-0.05, 0) is 72.8 Å². The van der Waals surface area contributed by atoms with Crippen molar-refractivity contribution in [2.45, 2.75) is 83.5 Å². The predicted octanol–water partition coefficient (Wildman–Crippen LogP) is 7.07. The van der Waals surface area contributed by atoms with Crippen molar-refractivity contribution in [3.8, 4) is 11.4 Å². The Kier molecular flexibility index (Phi) is 16.4. The fourth-order valence-corrected chi connectivity index (χ4v) is 8.74. The van der Waals surface area contributed by atoms with Crippen LogP contribution < -0.4 is 0 Å². The summed E-state index contributed by atoms with van der Waals surface area (Å²) in [6, 6.07) is 16.4. The first-order valence-corrected chi connectivity index (χ1v) is 29.5. The van der Waals surface area contributed by atoms with Gasteiger partial charge in [-0.15, -0.1) is 0 Å². The van der Waals surface area contributed by atoms with Gasteiger partial charge in [-0.3, -0.25) is 14.4 Å². The zero-order chi connectivity index (χ0) is 48.6. The minimum Gasteiger partial charge on any atom is -0.380 e. The molecule has 6 aromatic rings. The molecule has 8 rings (SSSR count). The Hall–Kier alpha value is -5.70. The van der Waals surface area contributed by atoms with E-state index in [1.54, 1.807) is 18.2 Å². The molecular weight excluding hydrogens is 919 g/mol. The lowest BCUT2D eigenvalue weighted by Gasteiger charge is -2.19. The van der Waals surface area contributed by atoms with Crippen molar-refractivity contribution in [1.82, 2.24) is 39.1 Å². The maximum absolute atomic E-state index is 14.0. The largest absolute Gasteiger partial charge is 0.380 e. The van der Waals surface area contributed by atoms with Gasteiger partial charge in [0, 0.05) is 46.7 Å². The van der Waals surface area contributed by atoms with E-state index in [9.17, 15) is 28.3 Å². The second-order valence-electron chi connectivity index (χ2n) is 18.5. The molecule has 2 aliphatic heterocycles. The molecule has 0 amide bonds. The molecule has 0 radical (unpaired) electrons. The lowest BCUT2D eigenvalue weighted by atomic mass is 10.1. The van der Waals surface area contributed by atoms with E-state index in [1.165, 1.54) is 73.6 Å². The van der Waals surface area contributed by atoms with E-state index in [1.807, 2.05) is 0 Å². The molecule has 0 bridgehead atoms. The molecule has 4 aromatic heterocycles. The quantitative estimate of drug-likeness (QED) is 0.0353. The smallest absolute Gasteiger partial charge is 0.229 e. The van der Waals surface area contributed by atoms with Gasteiger partial charge >= 0.3 is 0 Å². The Morgan fingerprint density at radius 2 is 1.16 bits per heavy atom. The van der Waals surface area contributed by atoms with Crippen molar-refractivity contribution in [1.29, 1.82) is 0 Å². The van der Waals surface area contributed by atoms with Crippen LogP contribution in [0.15, 0.2) is 73.1 Å². The summed E-state index contributed by atoms with van der Waals surface area (Å²) in [5.74, 6) is -1.30. The monoisotopic (exact) mass is 974 g/mol. The summed E-state index contributed by atoms with van der Waals surface area (Å²) in [4.78, 5) is 36.3. The third-order valence-electron chi connectivity index (χ3n) is 10.8. The van der Waals surface area contributed by atoms with Crippen LogP contribution in [0.1, 0.15) is 78.4 Å². The van der Waals surface area contributed by atoms with Crippen molar-refractivity contribution < 1.29 is 56.7 Å². The van der Waals surface area contributed by atoms with Crippen LogP contribution in [0.25, 0.3) is 11.4 Å². The third kappa shape index (κ3) is 12.5. The number of aliphatic hydroxyl groups is 1. The van der Waals surface area contributed by atoms with Gasteiger partial charge in [0.15, 0.2) is 25.2 Å². The zero-order valence-electron chi connectivity index (χ0n) is 38.8. The number of aromatic nitrogens is 8. The minimum atomic E-state index is -1.28. The number of hydrogen-bond acceptors (Lipinski definition) is 14. The number of benzene rings is 2. The fraction of sp³-hybridized carbons (Fsp3) is 0.413. The average Bonchev–Trinajstić information content (AvgIpc) is 4.17. The van der Waals surface area contributed by atoms with E-state index < -0.39 is 52.2 Å². The van der Waals surface area contributed by atoms with Crippen molar-refractivity contribution in [3.63, 3.8) is 0 Å². The van der Waals surface area contributed by atoms with Crippen LogP contribution in [0.5, 0.6) is 0 Å². The van der Waals surface area contributed by atoms with Crippen LogP contribution >= 0.6 is 0 Å². The number of aliphatic hydroxyl groups excluding tert-OH is 1. The number of aldehydes is 2. The molecule has 6 heterocycles. The van der Waals surface area contributed by atoms with E-state index in [0.29, 0.717) is 86.1 Å². The molecule has 2 aromatic carbocycles. The SMILES string of the molecule is C[Si](C)(C)CCOCn1nc(C=O)cc1C(=O)c1ccnn1-c1ccc(F)cc1C1OCCO1.C[Si](C)(C)CCOCn1nc(C=O)cc1C(O)c1ccnn1-c1ccc(F)cc1C1OCCO1. The first kappa shape index (κ1) is 50.2. The first-order chi connectivity index (χ1) is 32.5. The molecule has 2 saturated heterocycles. The van der Waals surface area contributed by atoms with Crippen LogP contribution in [0.2, 0.25) is 51.4 Å². The second-order valence-corrected chi connectivity index (χ2v) is 29.7. The Bertz CT molecular complexity index is 2680. The summed E-state index contributed by atoms with van der Waals surface area (Å²) in [5.41, 5.74) is 3.36. The molecule has 22 heteroatoms. The van der Waals surface area contributed by atoms with E-state index >= 15 is 0 Å². The standard InChI is InChI=1S/C23H29FN4O5Si.C23H27FN4O5Si/c2*1-34(2,3)11-10-31-15-27-21(13-17(14-29)26-27)22(30)20-6-7-25-28(20)19-5-4-16(24)12-18(19)23-32-8-9-33-23/h4-7,12-14,22-23,30H,8-11,15H2,1-3H3;4-7,12-14,23H,8-11,15H2,1-3H3. The van der Waals surface area contributed by atoms with Gasteiger partial charge < -0.3 is 33.5 Å². The molecule has 2 fully saturated rings. The highest BCUT2D eigenvalue weighted by Crippen LogP contribution is 2.33. The summed E-state index contributed by atoms with van der Waals surface area (Å²) < 4.78 is 67.6. The van der Waals surface area contributed by atoms with E-state index in [0.717, 1.165) is 12.1 Å². The Balaban J connectivity index is 0.000000201. The van der Waals surface area contributed by atoms with Crippen LogP contribution in [0.4, 0.5) is 8.78 Å².